The number of aromatic nitrogens is 2. The minimum atomic E-state index is -1.35. The Bertz CT molecular complexity index is 760. The number of aromatic carboxylic acids is 2. The van der Waals surface area contributed by atoms with Crippen LogP contribution in [0.25, 0.3) is 0 Å². The van der Waals surface area contributed by atoms with Crippen LogP contribution in [-0.2, 0) is 18.8 Å². The molecular formula is C14H12N2O7. The van der Waals surface area contributed by atoms with Gasteiger partial charge < -0.3 is 24.1 Å². The van der Waals surface area contributed by atoms with Crippen LogP contribution in [0.2, 0.25) is 0 Å². The van der Waals surface area contributed by atoms with Crippen LogP contribution in [-0.4, -0.2) is 43.2 Å². The largest absolute Gasteiger partial charge is 0.478 e. The number of aryl methyl sites for hydroxylation is 2. The van der Waals surface area contributed by atoms with E-state index < -0.39 is 23.9 Å². The maximum absolute atomic E-state index is 12.0. The number of ether oxygens (including phenoxy) is 1. The summed E-state index contributed by atoms with van der Waals surface area (Å²) in [4.78, 5) is 46.1. The van der Waals surface area contributed by atoms with E-state index in [0.717, 1.165) is 0 Å². The molecule has 0 saturated carbocycles. The molecule has 0 aliphatic heterocycles. The third-order valence-electron chi connectivity index (χ3n) is 3.00. The van der Waals surface area contributed by atoms with Crippen molar-refractivity contribution < 1.29 is 34.1 Å². The molecule has 0 saturated heterocycles. The number of carboxylic acids is 2. The zero-order chi connectivity index (χ0) is 17.3. The van der Waals surface area contributed by atoms with E-state index in [1.807, 2.05) is 0 Å². The fourth-order valence-electron chi connectivity index (χ4n) is 2.03. The van der Waals surface area contributed by atoms with E-state index in [1.165, 1.54) is 48.0 Å². The molecule has 23 heavy (non-hydrogen) atoms. The minimum Gasteiger partial charge on any atom is -0.478 e. The molecule has 0 radical (unpaired) electrons. The van der Waals surface area contributed by atoms with E-state index >= 15 is 0 Å². The van der Waals surface area contributed by atoms with Crippen LogP contribution in [0.1, 0.15) is 41.4 Å². The molecule has 2 aromatic heterocycles. The number of carboxylic acid groups (broad SMARTS) is 2. The molecule has 0 atom stereocenters. The second-order valence-electron chi connectivity index (χ2n) is 4.79. The first-order chi connectivity index (χ1) is 10.7. The summed E-state index contributed by atoms with van der Waals surface area (Å²) >= 11 is 0. The van der Waals surface area contributed by atoms with Crippen LogP contribution >= 0.6 is 0 Å². The molecule has 2 rings (SSSR count). The summed E-state index contributed by atoms with van der Waals surface area (Å²) in [6, 6.07) is 0. The van der Waals surface area contributed by atoms with Crippen molar-refractivity contribution in [2.24, 2.45) is 14.1 Å². The molecule has 0 spiro atoms. The third kappa shape index (κ3) is 3.12. The van der Waals surface area contributed by atoms with Crippen molar-refractivity contribution in [3.63, 3.8) is 0 Å². The van der Waals surface area contributed by atoms with Crippen LogP contribution < -0.4 is 0 Å². The lowest BCUT2D eigenvalue weighted by molar-refractivity contribution is 0.0387. The van der Waals surface area contributed by atoms with Gasteiger partial charge >= 0.3 is 23.9 Å². The van der Waals surface area contributed by atoms with E-state index in [-0.39, 0.29) is 22.3 Å². The van der Waals surface area contributed by atoms with Gasteiger partial charge in [-0.3, -0.25) is 0 Å². The molecule has 9 nitrogen and oxygen atoms in total. The average Bonchev–Trinajstić information content (AvgIpc) is 3.02. The maximum Gasteiger partial charge on any atom is 0.348 e. The van der Waals surface area contributed by atoms with Gasteiger partial charge in [0.15, 0.2) is 0 Å². The number of nitrogens with zero attached hydrogens (tertiary/aromatic N) is 2. The lowest BCUT2D eigenvalue weighted by Gasteiger charge is -2.02. The highest BCUT2D eigenvalue weighted by Crippen LogP contribution is 2.16. The van der Waals surface area contributed by atoms with Crippen molar-refractivity contribution >= 4 is 23.9 Å². The Kier molecular flexibility index (Phi) is 4.04. The van der Waals surface area contributed by atoms with Crippen LogP contribution in [0.5, 0.6) is 0 Å². The molecule has 2 heterocycles. The van der Waals surface area contributed by atoms with E-state index in [9.17, 15) is 19.2 Å². The molecule has 2 N–H and O–H groups in total. The Labute approximate surface area is 129 Å². The quantitative estimate of drug-likeness (QED) is 0.628. The fraction of sp³-hybridized carbons (Fsp3) is 0.143. The van der Waals surface area contributed by atoms with E-state index in [4.69, 9.17) is 10.2 Å². The molecular weight excluding hydrogens is 308 g/mol. The first-order valence-corrected chi connectivity index (χ1v) is 6.25. The predicted octanol–water partition coefficient (Wildman–Crippen LogP) is 0.757. The summed E-state index contributed by atoms with van der Waals surface area (Å²) in [6.45, 7) is 0. The average molecular weight is 320 g/mol. The Morgan fingerprint density at radius 3 is 1.35 bits per heavy atom. The van der Waals surface area contributed by atoms with Gasteiger partial charge in [0.1, 0.15) is 0 Å². The van der Waals surface area contributed by atoms with E-state index in [0.29, 0.717) is 0 Å². The standard InChI is InChI=1S/C14H12N2O7/c1-15-3-7(11(17)18)9(5-15)13(21)23-14(22)10-6-16(2)4-8(10)12(19)20/h3-6H,1-2H3,(H,17,18)(H,19,20). The highest BCUT2D eigenvalue weighted by Gasteiger charge is 2.26. The molecule has 2 aromatic rings. The van der Waals surface area contributed by atoms with Crippen molar-refractivity contribution in [3.05, 3.63) is 47.0 Å². The molecule has 120 valence electrons. The lowest BCUT2D eigenvalue weighted by atomic mass is 10.2. The summed E-state index contributed by atoms with van der Waals surface area (Å²) in [5.74, 6) is -5.05. The monoisotopic (exact) mass is 320 g/mol. The number of carbonyl (C=O) groups excluding carboxylic acids is 2. The number of hydrogen-bond donors (Lipinski definition) is 2. The van der Waals surface area contributed by atoms with Crippen molar-refractivity contribution in [1.82, 2.24) is 9.13 Å². The molecule has 0 aromatic carbocycles. The topological polar surface area (TPSA) is 128 Å². The molecule has 0 bridgehead atoms. The zero-order valence-electron chi connectivity index (χ0n) is 12.1. The zero-order valence-corrected chi connectivity index (χ0v) is 12.1. The van der Waals surface area contributed by atoms with Crippen LogP contribution in [0.15, 0.2) is 24.8 Å². The number of hydrogen-bond acceptors (Lipinski definition) is 5. The van der Waals surface area contributed by atoms with Gasteiger partial charge in [0, 0.05) is 38.9 Å². The van der Waals surface area contributed by atoms with Gasteiger partial charge in [0.25, 0.3) is 0 Å². The van der Waals surface area contributed by atoms with Crippen LogP contribution in [0.4, 0.5) is 0 Å². The van der Waals surface area contributed by atoms with Gasteiger partial charge in [-0.05, 0) is 0 Å². The second-order valence-corrected chi connectivity index (χ2v) is 4.79. The summed E-state index contributed by atoms with van der Waals surface area (Å²) in [6.07, 6.45) is 4.77. The minimum absolute atomic E-state index is 0.304. The molecule has 0 aliphatic rings. The van der Waals surface area contributed by atoms with Gasteiger partial charge in [0.05, 0.1) is 22.3 Å². The van der Waals surface area contributed by atoms with E-state index in [1.54, 1.807) is 0 Å². The van der Waals surface area contributed by atoms with Crippen LogP contribution in [0.3, 0.4) is 0 Å². The molecule has 0 fully saturated rings. The molecule has 0 amide bonds. The molecule has 0 aliphatic carbocycles. The van der Waals surface area contributed by atoms with Gasteiger partial charge in [-0.1, -0.05) is 0 Å². The van der Waals surface area contributed by atoms with Crippen molar-refractivity contribution in [2.75, 3.05) is 0 Å². The smallest absolute Gasteiger partial charge is 0.348 e. The number of carbonyl (C=O) groups is 4. The Morgan fingerprint density at radius 2 is 1.04 bits per heavy atom. The first kappa shape index (κ1) is 16.0. The van der Waals surface area contributed by atoms with Gasteiger partial charge in [-0.2, -0.15) is 0 Å². The normalized spacial score (nSPS) is 10.3. The lowest BCUT2D eigenvalue weighted by Crippen LogP contribution is -2.16. The maximum atomic E-state index is 12.0. The Hall–Kier alpha value is -3.36. The first-order valence-electron chi connectivity index (χ1n) is 6.25. The molecule has 0 unspecified atom stereocenters. The third-order valence-corrected chi connectivity index (χ3v) is 3.00. The number of rotatable bonds is 4. The summed E-state index contributed by atoms with van der Waals surface area (Å²) in [5, 5.41) is 18.0. The van der Waals surface area contributed by atoms with Crippen molar-refractivity contribution in [3.8, 4) is 0 Å². The summed E-state index contributed by atoms with van der Waals surface area (Å²) in [5.41, 5.74) is -1.25. The second kappa shape index (κ2) is 5.79. The molecule has 9 heteroatoms. The van der Waals surface area contributed by atoms with Gasteiger partial charge in [-0.15, -0.1) is 0 Å². The van der Waals surface area contributed by atoms with Crippen LogP contribution in [0, 0.1) is 0 Å². The highest BCUT2D eigenvalue weighted by molar-refractivity contribution is 6.10. The van der Waals surface area contributed by atoms with Gasteiger partial charge in [-0.25, -0.2) is 19.2 Å². The SMILES string of the molecule is Cn1cc(C(=O)O)c(C(=O)OC(=O)c2cn(C)cc2C(=O)O)c1. The Morgan fingerprint density at radius 1 is 0.739 bits per heavy atom. The van der Waals surface area contributed by atoms with Gasteiger partial charge in [0.2, 0.25) is 0 Å². The number of esters is 2. The summed E-state index contributed by atoms with van der Waals surface area (Å²) < 4.78 is 7.26. The highest BCUT2D eigenvalue weighted by atomic mass is 16.6. The van der Waals surface area contributed by atoms with Crippen molar-refractivity contribution in [2.45, 2.75) is 0 Å². The van der Waals surface area contributed by atoms with E-state index in [2.05, 4.69) is 4.74 Å². The Balaban J connectivity index is 2.29. The fourth-order valence-corrected chi connectivity index (χ4v) is 2.03. The van der Waals surface area contributed by atoms with Crippen molar-refractivity contribution in [1.29, 1.82) is 0 Å². The predicted molar refractivity (Wildman–Crippen MR) is 74.5 cm³/mol. The summed E-state index contributed by atoms with van der Waals surface area (Å²) in [7, 11) is 3.01.